The lowest BCUT2D eigenvalue weighted by Gasteiger charge is -2.34. The first-order valence-corrected chi connectivity index (χ1v) is 8.38. The van der Waals surface area contributed by atoms with Crippen molar-refractivity contribution in [1.29, 1.82) is 0 Å². The van der Waals surface area contributed by atoms with Crippen LogP contribution in [0.1, 0.15) is 10.4 Å². The fourth-order valence-electron chi connectivity index (χ4n) is 2.95. The molecule has 0 radical (unpaired) electrons. The highest BCUT2D eigenvalue weighted by Gasteiger charge is 2.22. The standard InChI is InChI=1S/C18H25N5O/c1-20(2)17-5-3-4-16(14-17)18(24)23-12-10-21(11-13-23)8-9-22-7-6-19-15-22/h3-7,14-15H,8-13H2,1-2H3. The van der Waals surface area contributed by atoms with Crippen LogP contribution < -0.4 is 4.90 Å². The second-order valence-corrected chi connectivity index (χ2v) is 6.38. The van der Waals surface area contributed by atoms with Gasteiger partial charge in [-0.05, 0) is 18.2 Å². The summed E-state index contributed by atoms with van der Waals surface area (Å²) in [6.07, 6.45) is 5.63. The molecule has 1 fully saturated rings. The van der Waals surface area contributed by atoms with Gasteiger partial charge in [0.05, 0.1) is 6.33 Å². The second kappa shape index (κ2) is 7.49. The van der Waals surface area contributed by atoms with Crippen molar-refractivity contribution in [2.24, 2.45) is 0 Å². The van der Waals surface area contributed by atoms with Gasteiger partial charge in [0.1, 0.15) is 0 Å². The van der Waals surface area contributed by atoms with Crippen LogP contribution in [0, 0.1) is 0 Å². The molecule has 6 nitrogen and oxygen atoms in total. The molecule has 0 N–H and O–H groups in total. The van der Waals surface area contributed by atoms with E-state index in [1.54, 1.807) is 6.20 Å². The van der Waals surface area contributed by atoms with Gasteiger partial charge in [0, 0.05) is 77.0 Å². The maximum Gasteiger partial charge on any atom is 0.254 e. The van der Waals surface area contributed by atoms with Crippen LogP contribution in [-0.4, -0.2) is 72.1 Å². The summed E-state index contributed by atoms with van der Waals surface area (Å²) >= 11 is 0. The summed E-state index contributed by atoms with van der Waals surface area (Å²) in [5.74, 6) is 0.132. The molecule has 0 aliphatic carbocycles. The average molecular weight is 327 g/mol. The zero-order valence-electron chi connectivity index (χ0n) is 14.4. The molecule has 1 aromatic carbocycles. The lowest BCUT2D eigenvalue weighted by Crippen LogP contribution is -2.49. The van der Waals surface area contributed by atoms with E-state index in [-0.39, 0.29) is 5.91 Å². The van der Waals surface area contributed by atoms with Gasteiger partial charge in [0.15, 0.2) is 0 Å². The maximum absolute atomic E-state index is 12.7. The fourth-order valence-corrected chi connectivity index (χ4v) is 2.95. The first kappa shape index (κ1) is 16.5. The third-order valence-corrected chi connectivity index (χ3v) is 4.50. The third kappa shape index (κ3) is 3.94. The topological polar surface area (TPSA) is 44.6 Å². The predicted octanol–water partition coefficient (Wildman–Crippen LogP) is 1.41. The van der Waals surface area contributed by atoms with Crippen molar-refractivity contribution < 1.29 is 4.79 Å². The molecule has 0 atom stereocenters. The minimum absolute atomic E-state index is 0.132. The van der Waals surface area contributed by atoms with Gasteiger partial charge < -0.3 is 14.4 Å². The van der Waals surface area contributed by atoms with Crippen LogP contribution in [0.2, 0.25) is 0 Å². The van der Waals surface area contributed by atoms with Crippen LogP contribution >= 0.6 is 0 Å². The molecule has 1 aliphatic heterocycles. The van der Waals surface area contributed by atoms with Crippen molar-refractivity contribution in [2.75, 3.05) is 51.7 Å². The van der Waals surface area contributed by atoms with Crippen molar-refractivity contribution in [1.82, 2.24) is 19.4 Å². The van der Waals surface area contributed by atoms with Crippen molar-refractivity contribution in [3.8, 4) is 0 Å². The normalized spacial score (nSPS) is 15.5. The number of imidazole rings is 1. The van der Waals surface area contributed by atoms with Gasteiger partial charge in [0.2, 0.25) is 0 Å². The number of carbonyl (C=O) groups excluding carboxylic acids is 1. The molecular formula is C18H25N5O. The first-order chi connectivity index (χ1) is 11.6. The molecule has 0 saturated carbocycles. The monoisotopic (exact) mass is 327 g/mol. The number of nitrogens with zero attached hydrogens (tertiary/aromatic N) is 5. The second-order valence-electron chi connectivity index (χ2n) is 6.38. The van der Waals surface area contributed by atoms with Gasteiger partial charge >= 0.3 is 0 Å². The van der Waals surface area contributed by atoms with Gasteiger partial charge in [-0.3, -0.25) is 9.69 Å². The number of rotatable bonds is 5. The summed E-state index contributed by atoms with van der Waals surface area (Å²) < 4.78 is 2.09. The lowest BCUT2D eigenvalue weighted by atomic mass is 10.1. The Kier molecular flexibility index (Phi) is 5.15. The van der Waals surface area contributed by atoms with E-state index in [1.165, 1.54) is 0 Å². The molecule has 0 unspecified atom stereocenters. The highest BCUT2D eigenvalue weighted by molar-refractivity contribution is 5.95. The van der Waals surface area contributed by atoms with Crippen LogP contribution in [0.15, 0.2) is 43.0 Å². The molecule has 128 valence electrons. The van der Waals surface area contributed by atoms with Gasteiger partial charge in [-0.2, -0.15) is 0 Å². The van der Waals surface area contributed by atoms with Gasteiger partial charge in [-0.1, -0.05) is 6.07 Å². The molecule has 1 amide bonds. The molecular weight excluding hydrogens is 302 g/mol. The van der Waals surface area contributed by atoms with E-state index in [9.17, 15) is 4.79 Å². The molecule has 1 aliphatic rings. The molecule has 24 heavy (non-hydrogen) atoms. The van der Waals surface area contributed by atoms with Crippen molar-refractivity contribution in [3.63, 3.8) is 0 Å². The van der Waals surface area contributed by atoms with E-state index in [1.807, 2.05) is 60.7 Å². The van der Waals surface area contributed by atoms with Crippen LogP contribution in [0.4, 0.5) is 5.69 Å². The van der Waals surface area contributed by atoms with E-state index in [2.05, 4.69) is 14.5 Å². The van der Waals surface area contributed by atoms with Crippen LogP contribution in [0.25, 0.3) is 0 Å². The van der Waals surface area contributed by atoms with Crippen molar-refractivity contribution >= 4 is 11.6 Å². The smallest absolute Gasteiger partial charge is 0.254 e. The molecule has 0 bridgehead atoms. The van der Waals surface area contributed by atoms with Gasteiger partial charge in [-0.15, -0.1) is 0 Å². The van der Waals surface area contributed by atoms with Gasteiger partial charge in [-0.25, -0.2) is 4.98 Å². The number of carbonyl (C=O) groups is 1. The summed E-state index contributed by atoms with van der Waals surface area (Å²) in [6.45, 7) is 5.36. The summed E-state index contributed by atoms with van der Waals surface area (Å²) in [5.41, 5.74) is 1.83. The molecule has 2 aromatic rings. The largest absolute Gasteiger partial charge is 0.378 e. The summed E-state index contributed by atoms with van der Waals surface area (Å²) in [7, 11) is 3.98. The molecule has 3 rings (SSSR count). The number of piperazine rings is 1. The number of aromatic nitrogens is 2. The Morgan fingerprint density at radius 3 is 2.62 bits per heavy atom. The Labute approximate surface area is 143 Å². The van der Waals surface area contributed by atoms with Crippen molar-refractivity contribution in [2.45, 2.75) is 6.54 Å². The van der Waals surface area contributed by atoms with E-state index in [0.717, 1.165) is 50.5 Å². The Bertz CT molecular complexity index is 660. The lowest BCUT2D eigenvalue weighted by molar-refractivity contribution is 0.0633. The Morgan fingerprint density at radius 2 is 1.96 bits per heavy atom. The first-order valence-electron chi connectivity index (χ1n) is 8.38. The average Bonchev–Trinajstić information content (AvgIpc) is 3.13. The number of hydrogen-bond acceptors (Lipinski definition) is 4. The van der Waals surface area contributed by atoms with E-state index < -0.39 is 0 Å². The Hall–Kier alpha value is -2.34. The number of anilines is 1. The summed E-state index contributed by atoms with van der Waals surface area (Å²) in [5, 5.41) is 0. The minimum Gasteiger partial charge on any atom is -0.378 e. The Morgan fingerprint density at radius 1 is 1.17 bits per heavy atom. The van der Waals surface area contributed by atoms with E-state index in [4.69, 9.17) is 0 Å². The molecule has 6 heteroatoms. The SMILES string of the molecule is CN(C)c1cccc(C(=O)N2CCN(CCn3ccnc3)CC2)c1. The van der Waals surface area contributed by atoms with Gasteiger partial charge in [0.25, 0.3) is 5.91 Å². The third-order valence-electron chi connectivity index (χ3n) is 4.50. The number of benzene rings is 1. The molecule has 1 saturated heterocycles. The van der Waals surface area contributed by atoms with Crippen LogP contribution in [0.5, 0.6) is 0 Å². The highest BCUT2D eigenvalue weighted by Crippen LogP contribution is 2.16. The highest BCUT2D eigenvalue weighted by atomic mass is 16.2. The summed E-state index contributed by atoms with van der Waals surface area (Å²) in [4.78, 5) is 23.1. The quantitative estimate of drug-likeness (QED) is 0.833. The van der Waals surface area contributed by atoms with E-state index in [0.29, 0.717) is 0 Å². The number of amides is 1. The predicted molar refractivity (Wildman–Crippen MR) is 95.3 cm³/mol. The minimum atomic E-state index is 0.132. The fraction of sp³-hybridized carbons (Fsp3) is 0.444. The Balaban J connectivity index is 1.52. The van der Waals surface area contributed by atoms with E-state index >= 15 is 0 Å². The molecule has 2 heterocycles. The van der Waals surface area contributed by atoms with Crippen molar-refractivity contribution in [3.05, 3.63) is 48.5 Å². The van der Waals surface area contributed by atoms with Crippen LogP contribution in [0.3, 0.4) is 0 Å². The number of hydrogen-bond donors (Lipinski definition) is 0. The zero-order valence-corrected chi connectivity index (χ0v) is 14.4. The van der Waals surface area contributed by atoms with Crippen LogP contribution in [-0.2, 0) is 6.54 Å². The molecule has 1 aromatic heterocycles. The summed E-state index contributed by atoms with van der Waals surface area (Å²) in [6, 6.07) is 7.84. The molecule has 0 spiro atoms. The maximum atomic E-state index is 12.7. The zero-order chi connectivity index (χ0) is 16.9.